The quantitative estimate of drug-likeness (QED) is 0.200. The third-order valence-electron chi connectivity index (χ3n) is 12.4. The Morgan fingerprint density at radius 1 is 0.950 bits per heavy atom. The van der Waals surface area contributed by atoms with Gasteiger partial charge in [-0.25, -0.2) is 0 Å². The van der Waals surface area contributed by atoms with Gasteiger partial charge in [0.15, 0.2) is 6.29 Å². The minimum Gasteiger partial charge on any atom is -0.388 e. The first kappa shape index (κ1) is 31.3. The molecule has 0 radical (unpaired) electrons. The molecule has 4 N–H and O–H groups in total. The fraction of sp³-hybridized carbons (Fsp3) is 0.939. The summed E-state index contributed by atoms with van der Waals surface area (Å²) in [5, 5.41) is 39.7. The monoisotopic (exact) mass is 580 g/mol. The average Bonchev–Trinajstić information content (AvgIpc) is 3.27. The zero-order chi connectivity index (χ0) is 28.8. The molecule has 1 unspecified atom stereocenters. The molecular formula is C33H56O6S. The second-order valence-electron chi connectivity index (χ2n) is 15.1. The van der Waals surface area contributed by atoms with Gasteiger partial charge in [0.2, 0.25) is 0 Å². The van der Waals surface area contributed by atoms with Crippen LogP contribution in [0.1, 0.15) is 105 Å². The third-order valence-corrected chi connectivity index (χ3v) is 13.3. The van der Waals surface area contributed by atoms with Crippen LogP contribution in [-0.2, 0) is 8.92 Å². The molecular weight excluding hydrogens is 524 g/mol. The molecule has 1 aliphatic heterocycles. The predicted molar refractivity (Wildman–Crippen MR) is 159 cm³/mol. The van der Waals surface area contributed by atoms with Gasteiger partial charge >= 0.3 is 0 Å². The van der Waals surface area contributed by atoms with Crippen LogP contribution in [0.3, 0.4) is 0 Å². The first-order chi connectivity index (χ1) is 19.0. The lowest BCUT2D eigenvalue weighted by molar-refractivity contribution is -0.276. The summed E-state index contributed by atoms with van der Waals surface area (Å²) in [5.41, 5.74) is 2.39. The van der Waals surface area contributed by atoms with Gasteiger partial charge in [0.05, 0.1) is 6.10 Å². The molecule has 5 aliphatic rings. The number of fused-ring (bicyclic) bond motifs is 5. The maximum Gasteiger partial charge on any atom is 0.183 e. The molecule has 4 fully saturated rings. The van der Waals surface area contributed by atoms with Gasteiger partial charge in [0, 0.05) is 5.75 Å². The maximum absolute atomic E-state index is 10.2. The van der Waals surface area contributed by atoms with Crippen molar-refractivity contribution < 1.29 is 29.3 Å². The molecule has 0 aromatic rings. The summed E-state index contributed by atoms with van der Waals surface area (Å²) < 4.78 is 11.5. The Labute approximate surface area is 246 Å². The van der Waals surface area contributed by atoms with E-state index in [9.17, 15) is 20.4 Å². The van der Waals surface area contributed by atoms with Gasteiger partial charge < -0.3 is 29.3 Å². The number of rotatable bonds is 9. The van der Waals surface area contributed by atoms with Crippen molar-refractivity contribution in [3.63, 3.8) is 0 Å². The second kappa shape index (κ2) is 12.5. The number of aliphatic hydroxyl groups excluding tert-OH is 4. The highest BCUT2D eigenvalue weighted by molar-refractivity contribution is 7.94. The van der Waals surface area contributed by atoms with E-state index in [-0.39, 0.29) is 17.3 Å². The lowest BCUT2D eigenvalue weighted by Crippen LogP contribution is -2.58. The first-order valence-electron chi connectivity index (χ1n) is 16.3. The lowest BCUT2D eigenvalue weighted by atomic mass is 9.47. The van der Waals surface area contributed by atoms with Crippen molar-refractivity contribution in [3.05, 3.63) is 11.6 Å². The van der Waals surface area contributed by atoms with E-state index in [0.717, 1.165) is 54.8 Å². The van der Waals surface area contributed by atoms with Crippen LogP contribution in [-0.4, -0.2) is 63.0 Å². The van der Waals surface area contributed by atoms with Gasteiger partial charge in [-0.2, -0.15) is 0 Å². The molecule has 4 aliphatic carbocycles. The van der Waals surface area contributed by atoms with Crippen molar-refractivity contribution in [1.82, 2.24) is 0 Å². The molecule has 6 nitrogen and oxygen atoms in total. The van der Waals surface area contributed by atoms with Crippen LogP contribution in [0.15, 0.2) is 11.6 Å². The topological polar surface area (TPSA) is 99.4 Å². The third kappa shape index (κ3) is 5.84. The summed E-state index contributed by atoms with van der Waals surface area (Å²) in [7, 11) is 0. The second-order valence-corrected chi connectivity index (χ2v) is 15.8. The van der Waals surface area contributed by atoms with Crippen molar-refractivity contribution in [2.24, 2.45) is 46.3 Å². The molecule has 230 valence electrons. The maximum atomic E-state index is 10.2. The zero-order valence-corrected chi connectivity index (χ0v) is 26.3. The van der Waals surface area contributed by atoms with Gasteiger partial charge in [-0.05, 0) is 110 Å². The Morgan fingerprint density at radius 3 is 2.48 bits per heavy atom. The lowest BCUT2D eigenvalue weighted by Gasteiger charge is -2.58. The van der Waals surface area contributed by atoms with Crippen molar-refractivity contribution in [3.8, 4) is 0 Å². The molecule has 40 heavy (non-hydrogen) atoms. The molecule has 0 aromatic carbocycles. The highest BCUT2D eigenvalue weighted by atomic mass is 32.2. The van der Waals surface area contributed by atoms with E-state index >= 15 is 0 Å². The zero-order valence-electron chi connectivity index (χ0n) is 25.5. The Bertz CT molecular complexity index is 896. The van der Waals surface area contributed by atoms with Gasteiger partial charge in [-0.1, -0.05) is 65.5 Å². The minimum atomic E-state index is -1.50. The molecule has 7 heteroatoms. The van der Waals surface area contributed by atoms with Gasteiger partial charge in [-0.3, -0.25) is 0 Å². The highest BCUT2D eigenvalue weighted by Crippen LogP contribution is 2.67. The van der Waals surface area contributed by atoms with Crippen LogP contribution in [0, 0.1) is 46.3 Å². The van der Waals surface area contributed by atoms with Gasteiger partial charge in [0.1, 0.15) is 24.4 Å². The van der Waals surface area contributed by atoms with Gasteiger partial charge in [-0.15, -0.1) is 0 Å². The smallest absolute Gasteiger partial charge is 0.183 e. The average molecular weight is 581 g/mol. The van der Waals surface area contributed by atoms with E-state index in [1.807, 2.05) is 0 Å². The Hall–Kier alpha value is -0.150. The van der Waals surface area contributed by atoms with Crippen molar-refractivity contribution in [2.75, 3.05) is 5.75 Å². The van der Waals surface area contributed by atoms with Crippen LogP contribution in [0.4, 0.5) is 0 Å². The summed E-state index contributed by atoms with van der Waals surface area (Å²) in [6.45, 7) is 12.5. The Morgan fingerprint density at radius 2 is 1.73 bits per heavy atom. The minimum absolute atomic E-state index is 0.124. The fourth-order valence-electron chi connectivity index (χ4n) is 10.0. The van der Waals surface area contributed by atoms with Crippen LogP contribution in [0.2, 0.25) is 0 Å². The molecule has 0 spiro atoms. The predicted octanol–water partition coefficient (Wildman–Crippen LogP) is 5.86. The molecule has 1 saturated heterocycles. The SMILES string of the molecule is CC(C)CCC[C@H](C)[C@@H]1CC[C@@H]2[C@H]3CC=C4CC(OSC[C@H]5O[C@@H](O)[C@H](O)[C@@H](O)[C@H]5O)CC[C@@]4(C)[C@@H]3CC[C@]21C. The number of hydrogen-bond donors (Lipinski definition) is 4. The number of aliphatic hydroxyl groups is 4. The van der Waals surface area contributed by atoms with E-state index in [0.29, 0.717) is 5.41 Å². The highest BCUT2D eigenvalue weighted by Gasteiger charge is 2.59. The van der Waals surface area contributed by atoms with Gasteiger partial charge in [0.25, 0.3) is 0 Å². The van der Waals surface area contributed by atoms with Crippen molar-refractivity contribution >= 4 is 12.0 Å². The summed E-state index contributed by atoms with van der Waals surface area (Å²) in [5.74, 6) is 5.32. The number of ether oxygens (including phenoxy) is 1. The van der Waals surface area contributed by atoms with Crippen LogP contribution >= 0.6 is 12.0 Å². The molecule has 0 aromatic heterocycles. The number of hydrogen-bond acceptors (Lipinski definition) is 7. The van der Waals surface area contributed by atoms with Crippen LogP contribution < -0.4 is 0 Å². The summed E-state index contributed by atoms with van der Waals surface area (Å²) in [6.07, 6.45) is 10.4. The molecule has 0 bridgehead atoms. The molecule has 0 amide bonds. The van der Waals surface area contributed by atoms with E-state index in [2.05, 4.69) is 40.7 Å². The summed E-state index contributed by atoms with van der Waals surface area (Å²) in [4.78, 5) is 0. The van der Waals surface area contributed by atoms with E-state index in [1.54, 1.807) is 5.57 Å². The van der Waals surface area contributed by atoms with E-state index in [4.69, 9.17) is 8.92 Å². The Balaban J connectivity index is 1.17. The Kier molecular flexibility index (Phi) is 9.74. The van der Waals surface area contributed by atoms with Crippen LogP contribution in [0.5, 0.6) is 0 Å². The molecule has 13 atom stereocenters. The molecule has 5 rings (SSSR count). The number of allylic oxidation sites excluding steroid dienone is 1. The van der Waals surface area contributed by atoms with Crippen molar-refractivity contribution in [1.29, 1.82) is 0 Å². The summed E-state index contributed by atoms with van der Waals surface area (Å²) in [6, 6.07) is 0. The summed E-state index contributed by atoms with van der Waals surface area (Å²) >= 11 is 1.24. The van der Waals surface area contributed by atoms with E-state index in [1.165, 1.54) is 63.4 Å². The standard InChI is InChI=1S/C33H56O6S/c1-19(2)7-6-8-20(3)24-11-12-25-23-10-9-21-17-22(13-15-32(21,4)26(23)14-16-33(24,25)5)39-40-18-27-28(34)29(35)30(36)31(37)38-27/h9,19-20,22-31,34-37H,6-8,10-18H2,1-5H3/t20-,22?,23+,24-,25+,26+,27+,28-,29-,30+,31+,32+,33-/m0/s1. The molecule has 3 saturated carbocycles. The fourth-order valence-corrected chi connectivity index (χ4v) is 10.9. The van der Waals surface area contributed by atoms with E-state index < -0.39 is 30.7 Å². The largest absolute Gasteiger partial charge is 0.388 e. The molecule has 1 heterocycles. The van der Waals surface area contributed by atoms with Crippen molar-refractivity contribution in [2.45, 2.75) is 142 Å². The first-order valence-corrected chi connectivity index (χ1v) is 17.2. The normalized spacial score (nSPS) is 47.8. The van der Waals surface area contributed by atoms with Crippen LogP contribution in [0.25, 0.3) is 0 Å².